The summed E-state index contributed by atoms with van der Waals surface area (Å²) in [5, 5.41) is 9.00. The predicted octanol–water partition coefficient (Wildman–Crippen LogP) is 2.93. The molecule has 0 aliphatic heterocycles. The fourth-order valence-electron chi connectivity index (χ4n) is 0.841. The molecule has 0 spiro atoms. The Labute approximate surface area is 86.7 Å². The number of nitrogens with two attached hydrogens (primary N) is 1. The summed E-state index contributed by atoms with van der Waals surface area (Å²) < 4.78 is 0. The van der Waals surface area contributed by atoms with Crippen molar-refractivity contribution in [3.8, 4) is 6.07 Å². The number of anilines is 1. The fraction of sp³-hybridized carbons (Fsp3) is 0.222. The highest BCUT2D eigenvalue weighted by molar-refractivity contribution is 7.99. The van der Waals surface area contributed by atoms with Gasteiger partial charge >= 0.3 is 0 Å². The van der Waals surface area contributed by atoms with Crippen LogP contribution in [0.1, 0.15) is 6.42 Å². The van der Waals surface area contributed by atoms with Crippen LogP contribution in [-0.2, 0) is 0 Å². The lowest BCUT2D eigenvalue weighted by Crippen LogP contribution is -1.85. The van der Waals surface area contributed by atoms with Crippen LogP contribution in [0, 0.1) is 11.3 Å². The monoisotopic (exact) mass is 212 g/mol. The van der Waals surface area contributed by atoms with E-state index in [-0.39, 0.29) is 0 Å². The van der Waals surface area contributed by atoms with E-state index in [1.807, 2.05) is 6.07 Å². The molecular formula is C9H9ClN2S. The first-order valence-electron chi connectivity index (χ1n) is 3.79. The molecule has 1 aromatic carbocycles. The molecule has 13 heavy (non-hydrogen) atoms. The van der Waals surface area contributed by atoms with Crippen molar-refractivity contribution in [3.05, 3.63) is 23.2 Å². The van der Waals surface area contributed by atoms with Crippen molar-refractivity contribution >= 4 is 29.1 Å². The number of nitrogen functional groups attached to an aromatic ring is 1. The summed E-state index contributed by atoms with van der Waals surface area (Å²) in [5.74, 6) is 0.764. The maximum atomic E-state index is 8.34. The van der Waals surface area contributed by atoms with Gasteiger partial charge < -0.3 is 5.73 Å². The molecule has 1 rings (SSSR count). The summed E-state index contributed by atoms with van der Waals surface area (Å²) >= 11 is 7.50. The van der Waals surface area contributed by atoms with Gasteiger partial charge in [0.05, 0.1) is 11.1 Å². The van der Waals surface area contributed by atoms with E-state index in [0.717, 1.165) is 10.6 Å². The van der Waals surface area contributed by atoms with Crippen LogP contribution in [-0.4, -0.2) is 5.75 Å². The third-order valence-corrected chi connectivity index (χ3v) is 2.93. The molecule has 0 fully saturated rings. The molecule has 0 saturated heterocycles. The Hall–Kier alpha value is -0.850. The van der Waals surface area contributed by atoms with Gasteiger partial charge in [-0.2, -0.15) is 5.26 Å². The molecule has 0 aliphatic carbocycles. The zero-order chi connectivity index (χ0) is 9.68. The van der Waals surface area contributed by atoms with Crippen molar-refractivity contribution in [3.63, 3.8) is 0 Å². The molecule has 0 amide bonds. The summed E-state index contributed by atoms with van der Waals surface area (Å²) in [6, 6.07) is 7.48. The standard InChI is InChI=1S/C9H9ClN2S/c10-8-6-7(12)2-3-9(8)13-5-1-4-11/h2-3,6H,1,5,12H2. The fourth-order valence-corrected chi connectivity index (χ4v) is 1.97. The van der Waals surface area contributed by atoms with E-state index in [1.165, 1.54) is 0 Å². The second kappa shape index (κ2) is 5.00. The molecule has 0 bridgehead atoms. The summed E-state index contributed by atoms with van der Waals surface area (Å²) in [5.41, 5.74) is 6.20. The SMILES string of the molecule is N#CCCSc1ccc(N)cc1Cl. The topological polar surface area (TPSA) is 49.8 Å². The smallest absolute Gasteiger partial charge is 0.0630 e. The Morgan fingerprint density at radius 2 is 2.31 bits per heavy atom. The molecule has 68 valence electrons. The van der Waals surface area contributed by atoms with E-state index >= 15 is 0 Å². The predicted molar refractivity (Wildman–Crippen MR) is 56.8 cm³/mol. The summed E-state index contributed by atoms with van der Waals surface area (Å²) in [7, 11) is 0. The minimum Gasteiger partial charge on any atom is -0.399 e. The van der Waals surface area contributed by atoms with Crippen LogP contribution in [0.3, 0.4) is 0 Å². The molecule has 2 nitrogen and oxygen atoms in total. The van der Waals surface area contributed by atoms with Crippen molar-refractivity contribution in [1.29, 1.82) is 5.26 Å². The van der Waals surface area contributed by atoms with Crippen LogP contribution < -0.4 is 5.73 Å². The minimum absolute atomic E-state index is 0.533. The molecule has 2 N–H and O–H groups in total. The van der Waals surface area contributed by atoms with Crippen LogP contribution in [0.4, 0.5) is 5.69 Å². The Kier molecular flexibility index (Phi) is 3.94. The van der Waals surface area contributed by atoms with Crippen LogP contribution in [0.25, 0.3) is 0 Å². The van der Waals surface area contributed by atoms with Gasteiger partial charge in [-0.1, -0.05) is 11.6 Å². The van der Waals surface area contributed by atoms with Crippen LogP contribution in [0.2, 0.25) is 5.02 Å². The van der Waals surface area contributed by atoms with E-state index in [9.17, 15) is 0 Å². The molecular weight excluding hydrogens is 204 g/mol. The van der Waals surface area contributed by atoms with Crippen molar-refractivity contribution in [2.75, 3.05) is 11.5 Å². The molecule has 0 aromatic heterocycles. The maximum absolute atomic E-state index is 8.34. The molecule has 0 heterocycles. The average Bonchev–Trinajstić information content (AvgIpc) is 2.09. The number of rotatable bonds is 3. The second-order valence-corrected chi connectivity index (χ2v) is 3.99. The lowest BCUT2D eigenvalue weighted by atomic mass is 10.3. The Morgan fingerprint density at radius 3 is 2.92 bits per heavy atom. The first-order chi connectivity index (χ1) is 6.24. The molecule has 0 unspecified atom stereocenters. The van der Waals surface area contributed by atoms with Gasteiger partial charge in [0.2, 0.25) is 0 Å². The van der Waals surface area contributed by atoms with Gasteiger partial charge in [-0.05, 0) is 18.2 Å². The van der Waals surface area contributed by atoms with Gasteiger partial charge in [0.25, 0.3) is 0 Å². The summed E-state index contributed by atoms with van der Waals surface area (Å²) in [4.78, 5) is 0.978. The van der Waals surface area contributed by atoms with E-state index in [0.29, 0.717) is 17.1 Å². The Balaban J connectivity index is 2.62. The number of hydrogen-bond acceptors (Lipinski definition) is 3. The normalized spacial score (nSPS) is 9.54. The molecule has 0 saturated carbocycles. The highest BCUT2D eigenvalue weighted by atomic mass is 35.5. The first-order valence-corrected chi connectivity index (χ1v) is 5.15. The van der Waals surface area contributed by atoms with Crippen molar-refractivity contribution < 1.29 is 0 Å². The summed E-state index contributed by atoms with van der Waals surface area (Å²) in [6.45, 7) is 0. The Morgan fingerprint density at radius 1 is 1.54 bits per heavy atom. The highest BCUT2D eigenvalue weighted by Crippen LogP contribution is 2.28. The first kappa shape index (κ1) is 10.2. The van der Waals surface area contributed by atoms with E-state index in [1.54, 1.807) is 23.9 Å². The van der Waals surface area contributed by atoms with E-state index in [2.05, 4.69) is 6.07 Å². The molecule has 0 radical (unpaired) electrons. The zero-order valence-corrected chi connectivity index (χ0v) is 8.53. The number of hydrogen-bond donors (Lipinski definition) is 1. The van der Waals surface area contributed by atoms with Crippen molar-refractivity contribution in [1.82, 2.24) is 0 Å². The lowest BCUT2D eigenvalue weighted by molar-refractivity contribution is 1.23. The van der Waals surface area contributed by atoms with Gasteiger partial charge in [-0.3, -0.25) is 0 Å². The molecule has 4 heteroatoms. The third kappa shape index (κ3) is 3.17. The van der Waals surface area contributed by atoms with Gasteiger partial charge in [0.15, 0.2) is 0 Å². The molecule has 0 atom stereocenters. The highest BCUT2D eigenvalue weighted by Gasteiger charge is 2.00. The summed E-state index contributed by atoms with van der Waals surface area (Å²) in [6.07, 6.45) is 0.533. The number of thioether (sulfide) groups is 1. The lowest BCUT2D eigenvalue weighted by Gasteiger charge is -2.02. The number of nitrogens with zero attached hydrogens (tertiary/aromatic N) is 1. The largest absolute Gasteiger partial charge is 0.399 e. The zero-order valence-electron chi connectivity index (χ0n) is 6.96. The second-order valence-electron chi connectivity index (χ2n) is 2.45. The number of halogens is 1. The average molecular weight is 213 g/mol. The van der Waals surface area contributed by atoms with Crippen LogP contribution >= 0.6 is 23.4 Å². The minimum atomic E-state index is 0.533. The van der Waals surface area contributed by atoms with Crippen molar-refractivity contribution in [2.45, 2.75) is 11.3 Å². The molecule has 1 aromatic rings. The van der Waals surface area contributed by atoms with E-state index in [4.69, 9.17) is 22.6 Å². The number of benzene rings is 1. The Bertz CT molecular complexity index is 333. The van der Waals surface area contributed by atoms with Crippen LogP contribution in [0.5, 0.6) is 0 Å². The van der Waals surface area contributed by atoms with Gasteiger partial charge in [0.1, 0.15) is 0 Å². The van der Waals surface area contributed by atoms with Gasteiger partial charge in [0, 0.05) is 22.8 Å². The van der Waals surface area contributed by atoms with E-state index < -0.39 is 0 Å². The van der Waals surface area contributed by atoms with Crippen LogP contribution in [0.15, 0.2) is 23.1 Å². The molecule has 0 aliphatic rings. The third-order valence-electron chi connectivity index (χ3n) is 1.43. The number of nitriles is 1. The quantitative estimate of drug-likeness (QED) is 0.476. The van der Waals surface area contributed by atoms with Gasteiger partial charge in [-0.25, -0.2) is 0 Å². The maximum Gasteiger partial charge on any atom is 0.0630 e. The van der Waals surface area contributed by atoms with Gasteiger partial charge in [-0.15, -0.1) is 11.8 Å². The van der Waals surface area contributed by atoms with Crippen molar-refractivity contribution in [2.24, 2.45) is 0 Å².